The number of pyridine rings is 1. The van der Waals surface area contributed by atoms with Gasteiger partial charge in [0, 0.05) is 37.5 Å². The molecule has 1 saturated heterocycles. The SMILES string of the molecule is Cc1cccn2c(C(=O)NC3(C(=O)N(C)CCc4ccc([N+](=O)[O-])cc4)CCNCC3)c(-c3ccccc3)nc12. The average molecular weight is 541 g/mol. The highest BCUT2D eigenvalue weighted by Gasteiger charge is 2.43. The van der Waals surface area contributed by atoms with Crippen molar-refractivity contribution < 1.29 is 14.5 Å². The number of nitrogens with zero attached hydrogens (tertiary/aromatic N) is 4. The maximum Gasteiger partial charge on any atom is 0.271 e. The first-order valence-corrected chi connectivity index (χ1v) is 13.3. The maximum atomic E-state index is 14.1. The van der Waals surface area contributed by atoms with Crippen LogP contribution in [0.5, 0.6) is 0 Å². The minimum absolute atomic E-state index is 0.0296. The Hall–Kier alpha value is -4.57. The number of nitrogens with one attached hydrogen (secondary N) is 2. The van der Waals surface area contributed by atoms with Crippen molar-refractivity contribution >= 4 is 23.1 Å². The molecule has 2 aromatic heterocycles. The lowest BCUT2D eigenvalue weighted by Crippen LogP contribution is -2.63. The van der Waals surface area contributed by atoms with Crippen LogP contribution in [0.4, 0.5) is 5.69 Å². The number of nitro groups is 1. The van der Waals surface area contributed by atoms with E-state index in [0.717, 1.165) is 16.7 Å². The third kappa shape index (κ3) is 5.30. The molecule has 0 bridgehead atoms. The molecule has 0 unspecified atom stereocenters. The second-order valence-corrected chi connectivity index (χ2v) is 10.2. The highest BCUT2D eigenvalue weighted by molar-refractivity contribution is 6.03. The number of fused-ring (bicyclic) bond motifs is 1. The van der Waals surface area contributed by atoms with Gasteiger partial charge in [-0.25, -0.2) is 4.98 Å². The lowest BCUT2D eigenvalue weighted by molar-refractivity contribution is -0.384. The molecule has 3 heterocycles. The molecule has 0 radical (unpaired) electrons. The zero-order chi connectivity index (χ0) is 28.3. The minimum Gasteiger partial charge on any atom is -0.343 e. The molecule has 2 aromatic carbocycles. The number of hydrogen-bond donors (Lipinski definition) is 2. The van der Waals surface area contributed by atoms with E-state index in [1.54, 1.807) is 28.5 Å². The van der Waals surface area contributed by atoms with Crippen LogP contribution in [0.25, 0.3) is 16.9 Å². The highest BCUT2D eigenvalue weighted by Crippen LogP contribution is 2.28. The second kappa shape index (κ2) is 11.3. The summed E-state index contributed by atoms with van der Waals surface area (Å²) in [5, 5.41) is 17.4. The monoisotopic (exact) mass is 540 g/mol. The van der Waals surface area contributed by atoms with Crippen LogP contribution in [0.1, 0.15) is 34.5 Å². The number of non-ortho nitro benzene ring substituents is 1. The Bertz CT molecular complexity index is 1540. The van der Waals surface area contributed by atoms with E-state index in [2.05, 4.69) is 10.6 Å². The Labute approximate surface area is 232 Å². The Kier molecular flexibility index (Phi) is 7.61. The number of amides is 2. The van der Waals surface area contributed by atoms with Gasteiger partial charge in [-0.05, 0) is 56.5 Å². The molecule has 2 amide bonds. The molecule has 0 saturated carbocycles. The summed E-state index contributed by atoms with van der Waals surface area (Å²) in [5.41, 5.74) is 3.26. The molecule has 40 heavy (non-hydrogen) atoms. The van der Waals surface area contributed by atoms with Crippen molar-refractivity contribution in [2.24, 2.45) is 0 Å². The summed E-state index contributed by atoms with van der Waals surface area (Å²) in [5.74, 6) is -0.508. The summed E-state index contributed by atoms with van der Waals surface area (Å²) in [4.78, 5) is 45.0. The quantitative estimate of drug-likeness (QED) is 0.259. The number of aromatic nitrogens is 2. The number of rotatable bonds is 8. The van der Waals surface area contributed by atoms with Gasteiger partial charge < -0.3 is 15.5 Å². The zero-order valence-electron chi connectivity index (χ0n) is 22.6. The summed E-state index contributed by atoms with van der Waals surface area (Å²) in [7, 11) is 1.73. The number of imidazole rings is 1. The van der Waals surface area contributed by atoms with Crippen molar-refractivity contribution in [2.45, 2.75) is 31.7 Å². The second-order valence-electron chi connectivity index (χ2n) is 10.2. The molecule has 10 nitrogen and oxygen atoms in total. The topological polar surface area (TPSA) is 122 Å². The van der Waals surface area contributed by atoms with Crippen LogP contribution < -0.4 is 10.6 Å². The number of nitro benzene ring substituents is 1. The van der Waals surface area contributed by atoms with Gasteiger partial charge in [0.25, 0.3) is 11.6 Å². The number of carbonyl (C=O) groups excluding carboxylic acids is 2. The van der Waals surface area contributed by atoms with Crippen LogP contribution >= 0.6 is 0 Å². The summed E-state index contributed by atoms with van der Waals surface area (Å²) in [6, 6.07) is 19.8. The van der Waals surface area contributed by atoms with Gasteiger partial charge in [-0.2, -0.15) is 0 Å². The summed E-state index contributed by atoms with van der Waals surface area (Å²) in [6.45, 7) is 3.56. The van der Waals surface area contributed by atoms with Crippen molar-refractivity contribution in [1.82, 2.24) is 24.9 Å². The molecule has 1 fully saturated rings. The maximum absolute atomic E-state index is 14.1. The molecule has 1 aliphatic heterocycles. The van der Waals surface area contributed by atoms with E-state index >= 15 is 0 Å². The Balaban J connectivity index is 1.42. The third-order valence-electron chi connectivity index (χ3n) is 7.56. The highest BCUT2D eigenvalue weighted by atomic mass is 16.6. The first-order valence-electron chi connectivity index (χ1n) is 13.3. The van der Waals surface area contributed by atoms with Crippen molar-refractivity contribution in [1.29, 1.82) is 0 Å². The average Bonchev–Trinajstić information content (AvgIpc) is 3.38. The van der Waals surface area contributed by atoms with Crippen LogP contribution in [-0.4, -0.2) is 63.2 Å². The van der Waals surface area contributed by atoms with Crippen molar-refractivity contribution in [2.75, 3.05) is 26.7 Å². The van der Waals surface area contributed by atoms with Crippen LogP contribution in [0, 0.1) is 17.0 Å². The van der Waals surface area contributed by atoms with E-state index in [4.69, 9.17) is 4.98 Å². The normalized spacial score (nSPS) is 14.6. The van der Waals surface area contributed by atoms with Gasteiger partial charge in [0.05, 0.1) is 4.92 Å². The number of benzene rings is 2. The smallest absolute Gasteiger partial charge is 0.271 e. The lowest BCUT2D eigenvalue weighted by Gasteiger charge is -2.39. The van der Waals surface area contributed by atoms with Gasteiger partial charge in [-0.1, -0.05) is 48.5 Å². The fraction of sp³-hybridized carbons (Fsp3) is 0.300. The molecule has 5 rings (SSSR count). The Morgan fingerprint density at radius 1 is 1.07 bits per heavy atom. The van der Waals surface area contributed by atoms with Crippen molar-refractivity contribution in [3.63, 3.8) is 0 Å². The van der Waals surface area contributed by atoms with Gasteiger partial charge in [-0.3, -0.25) is 24.1 Å². The van der Waals surface area contributed by atoms with E-state index in [1.165, 1.54) is 12.1 Å². The third-order valence-corrected chi connectivity index (χ3v) is 7.56. The van der Waals surface area contributed by atoms with E-state index in [-0.39, 0.29) is 17.5 Å². The van der Waals surface area contributed by atoms with Gasteiger partial charge in [0.1, 0.15) is 22.6 Å². The van der Waals surface area contributed by atoms with Gasteiger partial charge >= 0.3 is 0 Å². The number of hydrogen-bond acceptors (Lipinski definition) is 6. The lowest BCUT2D eigenvalue weighted by atomic mass is 9.86. The van der Waals surface area contributed by atoms with E-state index in [0.29, 0.717) is 55.9 Å². The molecular formula is C30H32N6O4. The number of aryl methyl sites for hydroxylation is 1. The number of likely N-dealkylation sites (N-methyl/N-ethyl adjacent to an activating group) is 1. The molecule has 1 aliphatic rings. The predicted octanol–water partition coefficient (Wildman–Crippen LogP) is 3.77. The zero-order valence-corrected chi connectivity index (χ0v) is 22.6. The van der Waals surface area contributed by atoms with Gasteiger partial charge in [0.15, 0.2) is 0 Å². The van der Waals surface area contributed by atoms with Gasteiger partial charge in [-0.15, -0.1) is 0 Å². The Morgan fingerprint density at radius 2 is 1.77 bits per heavy atom. The molecule has 2 N–H and O–H groups in total. The molecular weight excluding hydrogens is 508 g/mol. The molecule has 10 heteroatoms. The number of carbonyl (C=O) groups is 2. The first kappa shape index (κ1) is 27.0. The van der Waals surface area contributed by atoms with Crippen LogP contribution in [0.3, 0.4) is 0 Å². The fourth-order valence-electron chi connectivity index (χ4n) is 5.29. The van der Waals surface area contributed by atoms with Crippen LogP contribution in [0.15, 0.2) is 72.9 Å². The first-order chi connectivity index (χ1) is 19.3. The van der Waals surface area contributed by atoms with Gasteiger partial charge in [0.2, 0.25) is 5.91 Å². The number of piperidine rings is 1. The minimum atomic E-state index is -1.07. The standard InChI is InChI=1S/C30H32N6O4/c1-21-7-6-19-35-26(25(32-27(21)35)23-8-4-3-5-9-23)28(37)33-30(15-17-31-18-16-30)29(38)34(2)20-14-22-10-12-24(13-11-22)36(39)40/h3-13,19,31H,14-18,20H2,1-2H3,(H,33,37). The van der Waals surface area contributed by atoms with Crippen molar-refractivity contribution in [3.05, 3.63) is 99.9 Å². The van der Waals surface area contributed by atoms with Crippen LogP contribution in [0.2, 0.25) is 0 Å². The molecule has 206 valence electrons. The van der Waals surface area contributed by atoms with E-state index < -0.39 is 10.5 Å². The van der Waals surface area contributed by atoms with Crippen molar-refractivity contribution in [3.8, 4) is 11.3 Å². The largest absolute Gasteiger partial charge is 0.343 e. The molecule has 4 aromatic rings. The van der Waals surface area contributed by atoms with Crippen LogP contribution in [-0.2, 0) is 11.2 Å². The van der Waals surface area contributed by atoms with E-state index in [9.17, 15) is 19.7 Å². The fourth-order valence-corrected chi connectivity index (χ4v) is 5.29. The van der Waals surface area contributed by atoms with E-state index in [1.807, 2.05) is 55.6 Å². The molecule has 0 aliphatic carbocycles. The summed E-state index contributed by atoms with van der Waals surface area (Å²) >= 11 is 0. The summed E-state index contributed by atoms with van der Waals surface area (Å²) < 4.78 is 1.80. The summed E-state index contributed by atoms with van der Waals surface area (Å²) in [6.07, 6.45) is 3.27. The Morgan fingerprint density at radius 3 is 2.45 bits per heavy atom. The molecule has 0 atom stereocenters. The predicted molar refractivity (Wildman–Crippen MR) is 152 cm³/mol. The molecule has 0 spiro atoms.